The number of benzene rings is 1. The molecule has 0 aliphatic carbocycles. The number of fused-ring (bicyclic) bond motifs is 1. The number of phenolic OH excluding ortho intramolecular Hbond substituents is 1. The maximum Gasteiger partial charge on any atom is 0.134 e. The van der Waals surface area contributed by atoms with Crippen LogP contribution in [0.25, 0.3) is 10.9 Å². The first-order valence-electron chi connectivity index (χ1n) is 5.84. The molecule has 0 unspecified atom stereocenters. The number of aromatic hydroxyl groups is 1. The van der Waals surface area contributed by atoms with Crippen LogP contribution in [0, 0.1) is 0 Å². The summed E-state index contributed by atoms with van der Waals surface area (Å²) < 4.78 is 7.75. The Hall–Kier alpha value is -1.52. The normalized spacial score (nSPS) is 24.5. The molecule has 0 bridgehead atoms. The Labute approximate surface area is 99.1 Å². The molecular formula is C13H15NO3. The fraction of sp³-hybridized carbons (Fsp3) is 0.385. The zero-order valence-corrected chi connectivity index (χ0v) is 9.41. The third kappa shape index (κ3) is 1.79. The summed E-state index contributed by atoms with van der Waals surface area (Å²) in [7, 11) is 0. The van der Waals surface area contributed by atoms with Gasteiger partial charge in [-0.3, -0.25) is 0 Å². The lowest BCUT2D eigenvalue weighted by molar-refractivity contribution is -0.0202. The van der Waals surface area contributed by atoms with Gasteiger partial charge in [0.1, 0.15) is 12.0 Å². The van der Waals surface area contributed by atoms with E-state index in [1.165, 1.54) is 0 Å². The number of hydrogen-bond donors (Lipinski definition) is 2. The van der Waals surface area contributed by atoms with Gasteiger partial charge in [-0.15, -0.1) is 0 Å². The Morgan fingerprint density at radius 2 is 2.18 bits per heavy atom. The van der Waals surface area contributed by atoms with Crippen molar-refractivity contribution >= 4 is 10.9 Å². The highest BCUT2D eigenvalue weighted by molar-refractivity contribution is 5.81. The molecule has 0 spiro atoms. The summed E-state index contributed by atoms with van der Waals surface area (Å²) in [4.78, 5) is 0. The van der Waals surface area contributed by atoms with Gasteiger partial charge < -0.3 is 19.5 Å². The average Bonchev–Trinajstić information content (AvgIpc) is 2.93. The van der Waals surface area contributed by atoms with E-state index < -0.39 is 0 Å². The van der Waals surface area contributed by atoms with Crippen molar-refractivity contribution in [3.8, 4) is 5.75 Å². The molecule has 4 heteroatoms. The van der Waals surface area contributed by atoms with Gasteiger partial charge in [-0.05, 0) is 36.4 Å². The fourth-order valence-corrected chi connectivity index (χ4v) is 2.41. The van der Waals surface area contributed by atoms with Gasteiger partial charge in [-0.25, -0.2) is 0 Å². The first-order chi connectivity index (χ1) is 8.28. The second-order valence-electron chi connectivity index (χ2n) is 4.44. The minimum absolute atomic E-state index is 0.0357. The number of ether oxygens (including phenoxy) is 1. The molecule has 1 fully saturated rings. The van der Waals surface area contributed by atoms with Crippen molar-refractivity contribution in [3.05, 3.63) is 30.5 Å². The van der Waals surface area contributed by atoms with E-state index in [9.17, 15) is 5.11 Å². The second-order valence-corrected chi connectivity index (χ2v) is 4.44. The molecule has 3 rings (SSSR count). The molecule has 2 atom stereocenters. The molecule has 1 aliphatic rings. The molecule has 2 heterocycles. The smallest absolute Gasteiger partial charge is 0.134 e. The van der Waals surface area contributed by atoms with Crippen LogP contribution in [0.2, 0.25) is 0 Å². The first-order valence-corrected chi connectivity index (χ1v) is 5.84. The fourth-order valence-electron chi connectivity index (χ4n) is 2.41. The number of hydrogen-bond acceptors (Lipinski definition) is 3. The maximum absolute atomic E-state index is 9.52. The van der Waals surface area contributed by atoms with Crippen molar-refractivity contribution in [2.24, 2.45) is 0 Å². The van der Waals surface area contributed by atoms with Crippen LogP contribution in [0.5, 0.6) is 5.75 Å². The molecule has 0 radical (unpaired) electrons. The summed E-state index contributed by atoms with van der Waals surface area (Å²) in [6.45, 7) is 0.0704. The van der Waals surface area contributed by atoms with Crippen LogP contribution in [-0.2, 0) is 4.74 Å². The number of aliphatic hydroxyl groups excluding tert-OH is 1. The molecule has 1 saturated heterocycles. The van der Waals surface area contributed by atoms with Gasteiger partial charge in [-0.1, -0.05) is 0 Å². The van der Waals surface area contributed by atoms with Crippen LogP contribution in [0.3, 0.4) is 0 Å². The number of aromatic nitrogens is 1. The predicted octanol–water partition coefficient (Wildman–Crippen LogP) is 2.02. The Kier molecular flexibility index (Phi) is 2.53. The Morgan fingerprint density at radius 3 is 2.94 bits per heavy atom. The van der Waals surface area contributed by atoms with Gasteiger partial charge >= 0.3 is 0 Å². The summed E-state index contributed by atoms with van der Waals surface area (Å²) >= 11 is 0. The monoisotopic (exact) mass is 233 g/mol. The van der Waals surface area contributed by atoms with Crippen LogP contribution in [0.15, 0.2) is 30.5 Å². The van der Waals surface area contributed by atoms with Crippen LogP contribution in [0.1, 0.15) is 19.1 Å². The van der Waals surface area contributed by atoms with Crippen LogP contribution >= 0.6 is 0 Å². The lowest BCUT2D eigenvalue weighted by Crippen LogP contribution is -2.13. The first kappa shape index (κ1) is 10.6. The summed E-state index contributed by atoms with van der Waals surface area (Å²) in [5, 5.41) is 19.7. The van der Waals surface area contributed by atoms with Crippen molar-refractivity contribution in [3.63, 3.8) is 0 Å². The summed E-state index contributed by atoms with van der Waals surface area (Å²) in [5.41, 5.74) is 0.966. The van der Waals surface area contributed by atoms with E-state index in [0.717, 1.165) is 23.7 Å². The predicted molar refractivity (Wildman–Crippen MR) is 63.8 cm³/mol. The van der Waals surface area contributed by atoms with E-state index >= 15 is 0 Å². The minimum atomic E-state index is -0.0604. The quantitative estimate of drug-likeness (QED) is 0.834. The SMILES string of the molecule is OC[C@@H]1CC[C@@H](n2ccc3ccc(O)cc32)O1. The van der Waals surface area contributed by atoms with Gasteiger partial charge in [0, 0.05) is 12.3 Å². The number of aliphatic hydroxyl groups is 1. The zero-order chi connectivity index (χ0) is 11.8. The molecule has 90 valence electrons. The van der Waals surface area contributed by atoms with Gasteiger partial charge in [0.15, 0.2) is 0 Å². The molecule has 1 aromatic carbocycles. The van der Waals surface area contributed by atoms with Crippen LogP contribution in [-0.4, -0.2) is 27.5 Å². The summed E-state index contributed by atoms with van der Waals surface area (Å²) in [6, 6.07) is 7.31. The van der Waals surface area contributed by atoms with Gasteiger partial charge in [0.25, 0.3) is 0 Å². The van der Waals surface area contributed by atoms with Gasteiger partial charge in [0.05, 0.1) is 18.2 Å². The lowest BCUT2D eigenvalue weighted by atomic mass is 10.2. The molecule has 1 aromatic heterocycles. The summed E-state index contributed by atoms with van der Waals surface area (Å²) in [5.74, 6) is 0.258. The van der Waals surface area contributed by atoms with E-state index in [1.54, 1.807) is 12.1 Å². The van der Waals surface area contributed by atoms with Crippen molar-refractivity contribution < 1.29 is 14.9 Å². The zero-order valence-electron chi connectivity index (χ0n) is 9.41. The third-order valence-electron chi connectivity index (χ3n) is 3.31. The Balaban J connectivity index is 1.98. The molecule has 2 N–H and O–H groups in total. The average molecular weight is 233 g/mol. The minimum Gasteiger partial charge on any atom is -0.508 e. The molecule has 4 nitrogen and oxygen atoms in total. The van der Waals surface area contributed by atoms with E-state index in [1.807, 2.05) is 22.9 Å². The molecule has 17 heavy (non-hydrogen) atoms. The number of phenols is 1. The van der Waals surface area contributed by atoms with Gasteiger partial charge in [-0.2, -0.15) is 0 Å². The van der Waals surface area contributed by atoms with E-state index in [4.69, 9.17) is 9.84 Å². The topological polar surface area (TPSA) is 54.6 Å². The van der Waals surface area contributed by atoms with E-state index in [2.05, 4.69) is 0 Å². The van der Waals surface area contributed by atoms with E-state index in [-0.39, 0.29) is 24.7 Å². The van der Waals surface area contributed by atoms with Crippen molar-refractivity contribution in [1.29, 1.82) is 0 Å². The third-order valence-corrected chi connectivity index (χ3v) is 3.31. The van der Waals surface area contributed by atoms with Crippen molar-refractivity contribution in [1.82, 2.24) is 4.57 Å². The summed E-state index contributed by atoms with van der Waals surface area (Å²) in [6.07, 6.45) is 3.64. The molecule has 0 saturated carbocycles. The van der Waals surface area contributed by atoms with Crippen molar-refractivity contribution in [2.45, 2.75) is 25.2 Å². The van der Waals surface area contributed by atoms with Crippen LogP contribution < -0.4 is 0 Å². The standard InChI is InChI=1S/C13H15NO3/c15-8-11-3-4-13(17-11)14-6-5-9-1-2-10(16)7-12(9)14/h1-2,5-7,11,13,15-16H,3-4,8H2/t11-,13-/m0/s1. The van der Waals surface area contributed by atoms with Crippen molar-refractivity contribution in [2.75, 3.05) is 6.61 Å². The Morgan fingerprint density at radius 1 is 1.29 bits per heavy atom. The van der Waals surface area contributed by atoms with Gasteiger partial charge in [0.2, 0.25) is 0 Å². The highest BCUT2D eigenvalue weighted by Crippen LogP contribution is 2.32. The highest BCUT2D eigenvalue weighted by atomic mass is 16.5. The van der Waals surface area contributed by atoms with E-state index in [0.29, 0.717) is 0 Å². The molecular weight excluding hydrogens is 218 g/mol. The molecule has 2 aromatic rings. The largest absolute Gasteiger partial charge is 0.508 e. The Bertz CT molecular complexity index is 534. The highest BCUT2D eigenvalue weighted by Gasteiger charge is 2.26. The van der Waals surface area contributed by atoms with Crippen LogP contribution in [0.4, 0.5) is 0 Å². The maximum atomic E-state index is 9.52. The second kappa shape index (κ2) is 4.05. The lowest BCUT2D eigenvalue weighted by Gasteiger charge is -2.15. The number of rotatable bonds is 2. The molecule has 0 amide bonds. The number of nitrogens with zero attached hydrogens (tertiary/aromatic N) is 1. The molecule has 1 aliphatic heterocycles.